The number of hydrogen-bond acceptors (Lipinski definition) is 4. The van der Waals surface area contributed by atoms with Crippen molar-refractivity contribution in [1.82, 2.24) is 9.88 Å². The third kappa shape index (κ3) is 4.54. The predicted molar refractivity (Wildman–Crippen MR) is 107 cm³/mol. The summed E-state index contributed by atoms with van der Waals surface area (Å²) in [5.74, 6) is -0.414. The summed E-state index contributed by atoms with van der Waals surface area (Å²) in [6.07, 6.45) is -1.44. The number of fused-ring (bicyclic) bond motifs is 1. The number of benzene rings is 2. The molecule has 5 nitrogen and oxygen atoms in total. The van der Waals surface area contributed by atoms with Gasteiger partial charge in [0.2, 0.25) is 0 Å². The molecule has 1 aromatic heterocycles. The van der Waals surface area contributed by atoms with Crippen molar-refractivity contribution >= 4 is 5.91 Å². The maximum Gasteiger partial charge on any atom is 0.573 e. The molecule has 1 amide bonds. The lowest BCUT2D eigenvalue weighted by molar-refractivity contribution is -0.274. The lowest BCUT2D eigenvalue weighted by atomic mass is 9.96. The average Bonchev–Trinajstić information content (AvgIpc) is 3.04. The van der Waals surface area contributed by atoms with Crippen LogP contribution in [0.25, 0.3) is 11.1 Å². The predicted octanol–water partition coefficient (Wildman–Crippen LogP) is 4.60. The number of ether oxygens (including phenoxy) is 1. The van der Waals surface area contributed by atoms with E-state index in [1.54, 1.807) is 17.3 Å². The summed E-state index contributed by atoms with van der Waals surface area (Å²) in [4.78, 5) is 18.7. The number of hydrogen-bond donors (Lipinski definition) is 1. The van der Waals surface area contributed by atoms with Gasteiger partial charge in [-0.25, -0.2) is 0 Å². The Kier molecular flexibility index (Phi) is 5.41. The first kappa shape index (κ1) is 20.9. The molecular weight excluding hydrogens is 409 g/mol. The Morgan fingerprint density at radius 2 is 1.81 bits per heavy atom. The van der Waals surface area contributed by atoms with Crippen molar-refractivity contribution in [3.63, 3.8) is 0 Å². The van der Waals surface area contributed by atoms with Crippen molar-refractivity contribution < 1.29 is 27.8 Å². The lowest BCUT2D eigenvalue weighted by Gasteiger charge is -2.16. The van der Waals surface area contributed by atoms with Crippen molar-refractivity contribution in [1.29, 1.82) is 0 Å². The van der Waals surface area contributed by atoms with E-state index in [9.17, 15) is 23.1 Å². The molecule has 4 rings (SSSR count). The third-order valence-corrected chi connectivity index (χ3v) is 5.12. The van der Waals surface area contributed by atoms with E-state index in [0.29, 0.717) is 23.2 Å². The molecule has 0 atom stereocenters. The molecule has 8 heteroatoms. The number of halogens is 3. The van der Waals surface area contributed by atoms with Gasteiger partial charge >= 0.3 is 6.36 Å². The normalized spacial score (nSPS) is 13.5. The number of alkyl halides is 3. The fourth-order valence-corrected chi connectivity index (χ4v) is 3.77. The highest BCUT2D eigenvalue weighted by Crippen LogP contribution is 2.32. The number of rotatable bonds is 5. The number of aliphatic hydroxyl groups is 1. The minimum absolute atomic E-state index is 0.107. The first-order valence-corrected chi connectivity index (χ1v) is 9.56. The molecule has 1 aliphatic heterocycles. The minimum atomic E-state index is -4.74. The molecule has 0 saturated heterocycles. The Morgan fingerprint density at radius 3 is 2.48 bits per heavy atom. The van der Waals surface area contributed by atoms with Crippen LogP contribution < -0.4 is 4.74 Å². The van der Waals surface area contributed by atoms with Crippen LogP contribution in [0, 0.1) is 6.92 Å². The van der Waals surface area contributed by atoms with Crippen molar-refractivity contribution in [2.24, 2.45) is 0 Å². The standard InChI is InChI=1S/C23H19F3N2O3/c1-14-6-17(18-7-16(13-29)9-27-10-18)8-19-12-28(22(30)21(14)19)11-15-2-4-20(5-3-15)31-23(24,25)26/h2-10,29H,11-13H2,1H3. The molecule has 0 saturated carbocycles. The van der Waals surface area contributed by atoms with E-state index < -0.39 is 6.36 Å². The summed E-state index contributed by atoms with van der Waals surface area (Å²) in [5.41, 5.74) is 5.52. The van der Waals surface area contributed by atoms with E-state index >= 15 is 0 Å². The Bertz CT molecular complexity index is 1130. The van der Waals surface area contributed by atoms with Crippen LogP contribution in [-0.2, 0) is 19.7 Å². The molecule has 160 valence electrons. The van der Waals surface area contributed by atoms with Gasteiger partial charge in [0.1, 0.15) is 5.75 Å². The van der Waals surface area contributed by atoms with E-state index in [1.807, 2.05) is 25.1 Å². The molecule has 1 N–H and O–H groups in total. The molecule has 0 bridgehead atoms. The number of pyridine rings is 1. The summed E-state index contributed by atoms with van der Waals surface area (Å²) < 4.78 is 40.8. The smallest absolute Gasteiger partial charge is 0.406 e. The van der Waals surface area contributed by atoms with E-state index in [1.165, 1.54) is 24.3 Å². The van der Waals surface area contributed by atoms with Crippen molar-refractivity contribution in [2.45, 2.75) is 33.0 Å². The Balaban J connectivity index is 1.54. The van der Waals surface area contributed by atoms with Crippen LogP contribution in [0.1, 0.15) is 32.6 Å². The van der Waals surface area contributed by atoms with Crippen molar-refractivity contribution in [3.8, 4) is 16.9 Å². The van der Waals surface area contributed by atoms with Gasteiger partial charge in [-0.3, -0.25) is 9.78 Å². The average molecular weight is 428 g/mol. The summed E-state index contributed by atoms with van der Waals surface area (Å²) in [5, 5.41) is 9.35. The van der Waals surface area contributed by atoms with Crippen LogP contribution in [0.15, 0.2) is 54.9 Å². The number of carbonyl (C=O) groups is 1. The molecule has 3 aromatic rings. The summed E-state index contributed by atoms with van der Waals surface area (Å²) >= 11 is 0. The number of aromatic nitrogens is 1. The Hall–Kier alpha value is -3.39. The van der Waals surface area contributed by atoms with Gasteiger partial charge < -0.3 is 14.7 Å². The molecule has 2 aromatic carbocycles. The molecule has 31 heavy (non-hydrogen) atoms. The zero-order valence-corrected chi connectivity index (χ0v) is 16.6. The number of aryl methyl sites for hydroxylation is 1. The monoisotopic (exact) mass is 428 g/mol. The quantitative estimate of drug-likeness (QED) is 0.645. The molecule has 0 aliphatic carbocycles. The van der Waals surface area contributed by atoms with Crippen LogP contribution in [0.2, 0.25) is 0 Å². The van der Waals surface area contributed by atoms with Crippen molar-refractivity contribution in [3.05, 3.63) is 82.7 Å². The highest BCUT2D eigenvalue weighted by atomic mass is 19.4. The van der Waals surface area contributed by atoms with E-state index in [2.05, 4.69) is 9.72 Å². The topological polar surface area (TPSA) is 62.7 Å². The Morgan fingerprint density at radius 1 is 1.06 bits per heavy atom. The van der Waals surface area contributed by atoms with Gasteiger partial charge in [0.15, 0.2) is 0 Å². The van der Waals surface area contributed by atoms with E-state index in [0.717, 1.165) is 22.3 Å². The van der Waals surface area contributed by atoms with Crippen LogP contribution in [0.5, 0.6) is 5.75 Å². The van der Waals surface area contributed by atoms with E-state index in [4.69, 9.17) is 0 Å². The molecular formula is C23H19F3N2O3. The molecule has 0 spiro atoms. The third-order valence-electron chi connectivity index (χ3n) is 5.12. The summed E-state index contributed by atoms with van der Waals surface area (Å²) in [6, 6.07) is 11.2. The number of aliphatic hydroxyl groups excluding tert-OH is 1. The minimum Gasteiger partial charge on any atom is -0.406 e. The van der Waals surface area contributed by atoms with Crippen LogP contribution >= 0.6 is 0 Å². The maximum atomic E-state index is 12.9. The fourth-order valence-electron chi connectivity index (χ4n) is 3.77. The first-order chi connectivity index (χ1) is 14.7. The lowest BCUT2D eigenvalue weighted by Crippen LogP contribution is -2.23. The van der Waals surface area contributed by atoms with Crippen LogP contribution in [0.3, 0.4) is 0 Å². The summed E-state index contributed by atoms with van der Waals surface area (Å²) in [7, 11) is 0. The molecule has 0 radical (unpaired) electrons. The molecule has 2 heterocycles. The fraction of sp³-hybridized carbons (Fsp3) is 0.217. The van der Waals surface area contributed by atoms with Gasteiger partial charge in [0.25, 0.3) is 5.91 Å². The highest BCUT2D eigenvalue weighted by Gasteiger charge is 2.32. The first-order valence-electron chi connectivity index (χ1n) is 9.56. The van der Waals surface area contributed by atoms with E-state index in [-0.39, 0.29) is 24.8 Å². The van der Waals surface area contributed by atoms with Crippen molar-refractivity contribution in [2.75, 3.05) is 0 Å². The van der Waals surface area contributed by atoms with Gasteiger partial charge in [-0.15, -0.1) is 13.2 Å². The van der Waals surface area contributed by atoms with Crippen LogP contribution in [-0.4, -0.2) is 27.3 Å². The zero-order chi connectivity index (χ0) is 22.2. The van der Waals surface area contributed by atoms with Gasteiger partial charge in [0, 0.05) is 36.6 Å². The van der Waals surface area contributed by atoms with Gasteiger partial charge in [-0.1, -0.05) is 18.2 Å². The van der Waals surface area contributed by atoms with Gasteiger partial charge in [0.05, 0.1) is 6.61 Å². The van der Waals surface area contributed by atoms with Crippen LogP contribution in [0.4, 0.5) is 13.2 Å². The molecule has 0 unspecified atom stereocenters. The van der Waals surface area contributed by atoms with Gasteiger partial charge in [-0.05, 0) is 59.0 Å². The number of nitrogens with zero attached hydrogens (tertiary/aromatic N) is 2. The second-order valence-corrected chi connectivity index (χ2v) is 7.42. The molecule has 0 fully saturated rings. The zero-order valence-electron chi connectivity index (χ0n) is 16.6. The second kappa shape index (κ2) is 8.03. The summed E-state index contributed by atoms with van der Waals surface area (Å²) in [6.45, 7) is 2.44. The second-order valence-electron chi connectivity index (χ2n) is 7.42. The SMILES string of the molecule is Cc1cc(-c2cncc(CO)c2)cc2c1C(=O)N(Cc1ccc(OC(F)(F)F)cc1)C2. The molecule has 1 aliphatic rings. The Labute approximate surface area is 176 Å². The van der Waals surface area contributed by atoms with Gasteiger partial charge in [-0.2, -0.15) is 0 Å². The number of carbonyl (C=O) groups excluding carboxylic acids is 1. The maximum absolute atomic E-state index is 12.9. The number of amides is 1. The largest absolute Gasteiger partial charge is 0.573 e. The highest BCUT2D eigenvalue weighted by molar-refractivity contribution is 6.00.